The Hall–Kier alpha value is -0.160. The molecule has 0 amide bonds. The van der Waals surface area contributed by atoms with Gasteiger partial charge in [-0.25, -0.2) is 0 Å². The van der Waals surface area contributed by atoms with E-state index in [1.807, 2.05) is 0 Å². The van der Waals surface area contributed by atoms with E-state index in [0.717, 1.165) is 25.1 Å². The summed E-state index contributed by atoms with van der Waals surface area (Å²) in [6.07, 6.45) is 8.33. The summed E-state index contributed by atoms with van der Waals surface area (Å²) in [5.74, 6) is 0.872. The zero-order valence-electron chi connectivity index (χ0n) is 18.5. The van der Waals surface area contributed by atoms with Gasteiger partial charge in [0.25, 0.3) is 0 Å². The number of likely N-dealkylation sites (tertiary alicyclic amines) is 1. The van der Waals surface area contributed by atoms with Crippen molar-refractivity contribution in [2.75, 3.05) is 53.4 Å². The van der Waals surface area contributed by atoms with E-state index in [-0.39, 0.29) is 0 Å². The Kier molecular flexibility index (Phi) is 8.85. The molecule has 4 nitrogen and oxygen atoms in total. The second kappa shape index (κ2) is 10.4. The van der Waals surface area contributed by atoms with E-state index in [0.29, 0.717) is 11.6 Å². The lowest BCUT2D eigenvalue weighted by molar-refractivity contribution is -0.0537. The molecule has 0 atom stereocenters. The summed E-state index contributed by atoms with van der Waals surface area (Å²) in [5, 5.41) is 0. The fraction of sp³-hybridized carbons (Fsp3) is 1.00. The highest BCUT2D eigenvalue weighted by atomic mass is 16.5. The maximum atomic E-state index is 5.80. The lowest BCUT2D eigenvalue weighted by Crippen LogP contribution is -2.53. The number of piperidine rings is 1. The maximum absolute atomic E-state index is 5.80. The normalized spacial score (nSPS) is 25.8. The first-order valence-electron chi connectivity index (χ1n) is 11.1. The highest BCUT2D eigenvalue weighted by molar-refractivity contribution is 4.91. The lowest BCUT2D eigenvalue weighted by Gasteiger charge is -2.47. The molecule has 1 aliphatic heterocycles. The number of nitrogens with zero attached hydrogens (tertiary/aromatic N) is 3. The van der Waals surface area contributed by atoms with Gasteiger partial charge in [-0.1, -0.05) is 13.3 Å². The van der Waals surface area contributed by atoms with E-state index in [4.69, 9.17) is 4.74 Å². The Balaban J connectivity index is 1.81. The molecule has 1 saturated carbocycles. The van der Waals surface area contributed by atoms with Crippen molar-refractivity contribution < 1.29 is 4.74 Å². The highest BCUT2D eigenvalue weighted by Gasteiger charge is 2.36. The second-order valence-corrected chi connectivity index (χ2v) is 9.49. The predicted molar refractivity (Wildman–Crippen MR) is 112 cm³/mol. The zero-order valence-corrected chi connectivity index (χ0v) is 18.5. The van der Waals surface area contributed by atoms with Gasteiger partial charge in [0.1, 0.15) is 0 Å². The molecule has 0 aromatic carbocycles. The van der Waals surface area contributed by atoms with E-state index in [1.54, 1.807) is 0 Å². The van der Waals surface area contributed by atoms with Crippen molar-refractivity contribution in [2.24, 2.45) is 5.92 Å². The summed E-state index contributed by atoms with van der Waals surface area (Å²) in [6, 6.07) is 0.751. The van der Waals surface area contributed by atoms with Crippen LogP contribution in [0.25, 0.3) is 0 Å². The van der Waals surface area contributed by atoms with Crippen LogP contribution in [-0.2, 0) is 4.74 Å². The van der Waals surface area contributed by atoms with E-state index in [9.17, 15) is 0 Å². The van der Waals surface area contributed by atoms with E-state index in [2.05, 4.69) is 56.5 Å². The summed E-state index contributed by atoms with van der Waals surface area (Å²) < 4.78 is 5.80. The van der Waals surface area contributed by atoms with Crippen LogP contribution in [0.15, 0.2) is 0 Å². The molecule has 4 heteroatoms. The average Bonchev–Trinajstić information content (AvgIpc) is 2.55. The molecule has 0 aromatic rings. The smallest absolute Gasteiger partial charge is 0.0604 e. The van der Waals surface area contributed by atoms with Crippen molar-refractivity contribution in [1.82, 2.24) is 14.7 Å². The molecule has 0 radical (unpaired) electrons. The molecule has 0 aromatic heterocycles. The lowest BCUT2D eigenvalue weighted by atomic mass is 9.85. The molecule has 154 valence electrons. The van der Waals surface area contributed by atoms with Gasteiger partial charge in [0.15, 0.2) is 0 Å². The van der Waals surface area contributed by atoms with Crippen LogP contribution in [0.2, 0.25) is 0 Å². The Morgan fingerprint density at radius 3 is 2.23 bits per heavy atom. The minimum absolute atomic E-state index is 0.378. The molecule has 0 N–H and O–H groups in total. The molecule has 1 heterocycles. The summed E-state index contributed by atoms with van der Waals surface area (Å²) in [6.45, 7) is 16.4. The van der Waals surface area contributed by atoms with E-state index in [1.165, 1.54) is 64.7 Å². The van der Waals surface area contributed by atoms with Crippen LogP contribution in [0.1, 0.15) is 66.2 Å². The highest BCUT2D eigenvalue weighted by Crippen LogP contribution is 2.32. The van der Waals surface area contributed by atoms with Gasteiger partial charge < -0.3 is 9.64 Å². The predicted octanol–water partition coefficient (Wildman–Crippen LogP) is 3.71. The van der Waals surface area contributed by atoms with Crippen LogP contribution in [0.4, 0.5) is 0 Å². The van der Waals surface area contributed by atoms with Crippen molar-refractivity contribution in [2.45, 2.75) is 83.9 Å². The average molecular weight is 368 g/mol. The van der Waals surface area contributed by atoms with Crippen LogP contribution in [0, 0.1) is 5.92 Å². The fourth-order valence-corrected chi connectivity index (χ4v) is 4.78. The molecule has 1 saturated heterocycles. The number of hydrogen-bond acceptors (Lipinski definition) is 4. The Morgan fingerprint density at radius 2 is 1.69 bits per heavy atom. The largest absolute Gasteiger partial charge is 0.378 e. The van der Waals surface area contributed by atoms with Gasteiger partial charge >= 0.3 is 0 Å². The van der Waals surface area contributed by atoms with Crippen molar-refractivity contribution in [3.8, 4) is 0 Å². The molecule has 0 unspecified atom stereocenters. The van der Waals surface area contributed by atoms with Crippen molar-refractivity contribution in [1.29, 1.82) is 0 Å². The van der Waals surface area contributed by atoms with Gasteiger partial charge in [-0.15, -0.1) is 0 Å². The number of ether oxygens (including phenoxy) is 1. The first-order chi connectivity index (χ1) is 12.4. The van der Waals surface area contributed by atoms with E-state index >= 15 is 0 Å². The Bertz CT molecular complexity index is 385. The van der Waals surface area contributed by atoms with Gasteiger partial charge in [-0.05, 0) is 86.0 Å². The van der Waals surface area contributed by atoms with Crippen LogP contribution in [0.5, 0.6) is 0 Å². The third-order valence-corrected chi connectivity index (χ3v) is 6.65. The molecule has 0 spiro atoms. The fourth-order valence-electron chi connectivity index (χ4n) is 4.78. The summed E-state index contributed by atoms with van der Waals surface area (Å²) in [7, 11) is 4.38. The van der Waals surface area contributed by atoms with Gasteiger partial charge in [0.2, 0.25) is 0 Å². The van der Waals surface area contributed by atoms with Crippen LogP contribution in [0.3, 0.4) is 0 Å². The minimum atomic E-state index is 0.378. The van der Waals surface area contributed by atoms with Gasteiger partial charge in [-0.3, -0.25) is 9.80 Å². The van der Waals surface area contributed by atoms with Gasteiger partial charge in [-0.2, -0.15) is 0 Å². The quantitative estimate of drug-likeness (QED) is 0.554. The standard InChI is InChI=1S/C22H45N3O/c1-7-11-22(3,4)25-12-9-19(10-13-25)18-24(15-14-23(5)6)20-16-21(17-20)26-8-2/h19-21H,7-18H2,1-6H3. The molecule has 2 fully saturated rings. The van der Waals surface area contributed by atoms with Crippen LogP contribution in [-0.4, -0.2) is 85.8 Å². The van der Waals surface area contributed by atoms with Crippen molar-refractivity contribution in [3.05, 3.63) is 0 Å². The van der Waals surface area contributed by atoms with Crippen LogP contribution < -0.4 is 0 Å². The molecule has 1 aliphatic carbocycles. The Morgan fingerprint density at radius 1 is 1.04 bits per heavy atom. The second-order valence-electron chi connectivity index (χ2n) is 9.49. The topological polar surface area (TPSA) is 19.0 Å². The number of hydrogen-bond donors (Lipinski definition) is 0. The maximum Gasteiger partial charge on any atom is 0.0604 e. The van der Waals surface area contributed by atoms with Gasteiger partial charge in [0.05, 0.1) is 6.10 Å². The number of likely N-dealkylation sites (N-methyl/N-ethyl adjacent to an activating group) is 1. The first-order valence-corrected chi connectivity index (χ1v) is 11.1. The first kappa shape index (κ1) is 22.1. The van der Waals surface area contributed by atoms with Crippen molar-refractivity contribution in [3.63, 3.8) is 0 Å². The zero-order chi connectivity index (χ0) is 19.2. The molecule has 2 rings (SSSR count). The minimum Gasteiger partial charge on any atom is -0.378 e. The summed E-state index contributed by atoms with van der Waals surface area (Å²) >= 11 is 0. The molecular formula is C22H45N3O. The van der Waals surface area contributed by atoms with E-state index < -0.39 is 0 Å². The third kappa shape index (κ3) is 6.47. The van der Waals surface area contributed by atoms with Gasteiger partial charge in [0, 0.05) is 37.8 Å². The van der Waals surface area contributed by atoms with Crippen LogP contribution >= 0.6 is 0 Å². The Labute approximate surface area is 163 Å². The third-order valence-electron chi connectivity index (χ3n) is 6.65. The SMILES string of the molecule is CCCC(C)(C)N1CCC(CN(CCN(C)C)C2CC(OCC)C2)CC1. The van der Waals surface area contributed by atoms with Crippen molar-refractivity contribution >= 4 is 0 Å². The molecular weight excluding hydrogens is 322 g/mol. The summed E-state index contributed by atoms with van der Waals surface area (Å²) in [4.78, 5) is 7.85. The molecule has 2 aliphatic rings. The molecule has 0 bridgehead atoms. The molecule has 26 heavy (non-hydrogen) atoms. The summed E-state index contributed by atoms with van der Waals surface area (Å²) in [5.41, 5.74) is 0.378. The monoisotopic (exact) mass is 367 g/mol. The number of rotatable bonds is 11.